The second-order valence-corrected chi connectivity index (χ2v) is 8.91. The van der Waals surface area contributed by atoms with Gasteiger partial charge in [-0.25, -0.2) is 4.39 Å². The summed E-state index contributed by atoms with van der Waals surface area (Å²) in [6.07, 6.45) is 1.07. The Labute approximate surface area is 183 Å². The van der Waals surface area contributed by atoms with E-state index in [0.29, 0.717) is 51.2 Å². The maximum absolute atomic E-state index is 13.0. The van der Waals surface area contributed by atoms with Crippen LogP contribution >= 0.6 is 0 Å². The third-order valence-corrected chi connectivity index (χ3v) is 5.53. The smallest absolute Gasteiger partial charge is 0.253 e. The summed E-state index contributed by atoms with van der Waals surface area (Å²) in [6.45, 7) is 9.01. The van der Waals surface area contributed by atoms with Gasteiger partial charge in [0.2, 0.25) is 5.91 Å². The van der Waals surface area contributed by atoms with Crippen molar-refractivity contribution in [2.24, 2.45) is 0 Å². The zero-order chi connectivity index (χ0) is 22.4. The number of ether oxygens (including phenoxy) is 1. The van der Waals surface area contributed by atoms with Gasteiger partial charge in [0.15, 0.2) is 0 Å². The summed E-state index contributed by atoms with van der Waals surface area (Å²) < 4.78 is 18.8. The molecular weight excluding hydrogens is 395 g/mol. The van der Waals surface area contributed by atoms with Gasteiger partial charge in [-0.1, -0.05) is 32.9 Å². The van der Waals surface area contributed by atoms with E-state index in [9.17, 15) is 14.0 Å². The third kappa shape index (κ3) is 6.29. The molecule has 2 aromatic rings. The van der Waals surface area contributed by atoms with Crippen LogP contribution in [0.25, 0.3) is 0 Å². The molecule has 1 aliphatic rings. The van der Waals surface area contributed by atoms with Crippen LogP contribution in [0.15, 0.2) is 48.5 Å². The quantitative estimate of drug-likeness (QED) is 0.649. The molecule has 2 amide bonds. The lowest BCUT2D eigenvalue weighted by atomic mass is 9.87. The maximum atomic E-state index is 13.0. The number of hydrogen-bond acceptors (Lipinski definition) is 3. The summed E-state index contributed by atoms with van der Waals surface area (Å²) in [7, 11) is 0. The Morgan fingerprint density at radius 2 is 1.48 bits per heavy atom. The molecule has 2 aromatic carbocycles. The molecule has 0 aromatic heterocycles. The highest BCUT2D eigenvalue weighted by Gasteiger charge is 2.24. The van der Waals surface area contributed by atoms with Crippen molar-refractivity contribution in [2.75, 3.05) is 32.8 Å². The van der Waals surface area contributed by atoms with Crippen molar-refractivity contribution >= 4 is 11.8 Å². The van der Waals surface area contributed by atoms with E-state index in [4.69, 9.17) is 4.74 Å². The van der Waals surface area contributed by atoms with Crippen LogP contribution in [-0.4, -0.2) is 54.4 Å². The number of benzene rings is 2. The first-order chi connectivity index (χ1) is 14.7. The number of rotatable bonds is 6. The summed E-state index contributed by atoms with van der Waals surface area (Å²) in [5, 5.41) is 0. The molecule has 3 rings (SSSR count). The van der Waals surface area contributed by atoms with Crippen LogP contribution in [0.2, 0.25) is 0 Å². The lowest BCUT2D eigenvalue weighted by Crippen LogP contribution is -2.50. The largest absolute Gasteiger partial charge is 0.494 e. The molecule has 0 saturated carbocycles. The fourth-order valence-corrected chi connectivity index (χ4v) is 3.56. The van der Waals surface area contributed by atoms with Gasteiger partial charge in [0, 0.05) is 38.2 Å². The van der Waals surface area contributed by atoms with Crippen molar-refractivity contribution in [1.82, 2.24) is 9.80 Å². The molecular formula is C25H31FN2O3. The average Bonchev–Trinajstić information content (AvgIpc) is 2.76. The Balaban J connectivity index is 1.37. The van der Waals surface area contributed by atoms with E-state index in [1.54, 1.807) is 9.80 Å². The van der Waals surface area contributed by atoms with Gasteiger partial charge in [0.1, 0.15) is 11.6 Å². The summed E-state index contributed by atoms with van der Waals surface area (Å²) in [5.41, 5.74) is 1.83. The van der Waals surface area contributed by atoms with E-state index in [2.05, 4.69) is 32.9 Å². The topological polar surface area (TPSA) is 49.9 Å². The van der Waals surface area contributed by atoms with Gasteiger partial charge in [-0.2, -0.15) is 0 Å². The highest BCUT2D eigenvalue weighted by molar-refractivity contribution is 5.94. The van der Waals surface area contributed by atoms with E-state index in [-0.39, 0.29) is 23.0 Å². The van der Waals surface area contributed by atoms with Crippen LogP contribution in [0, 0.1) is 5.82 Å². The van der Waals surface area contributed by atoms with Crippen molar-refractivity contribution in [3.8, 4) is 5.75 Å². The fourth-order valence-electron chi connectivity index (χ4n) is 3.56. The van der Waals surface area contributed by atoms with E-state index < -0.39 is 0 Å². The van der Waals surface area contributed by atoms with E-state index in [1.807, 2.05) is 12.1 Å². The molecule has 0 atom stereocenters. The molecule has 0 spiro atoms. The Morgan fingerprint density at radius 3 is 2.06 bits per heavy atom. The van der Waals surface area contributed by atoms with Crippen LogP contribution in [0.4, 0.5) is 4.39 Å². The van der Waals surface area contributed by atoms with Gasteiger partial charge < -0.3 is 14.5 Å². The number of piperazine rings is 1. The van der Waals surface area contributed by atoms with E-state index >= 15 is 0 Å². The molecule has 1 fully saturated rings. The fraction of sp³-hybridized carbons (Fsp3) is 0.440. The molecule has 0 unspecified atom stereocenters. The average molecular weight is 427 g/mol. The van der Waals surface area contributed by atoms with Crippen LogP contribution in [0.1, 0.15) is 49.5 Å². The van der Waals surface area contributed by atoms with Gasteiger partial charge in [0.05, 0.1) is 6.61 Å². The van der Waals surface area contributed by atoms with Crippen molar-refractivity contribution < 1.29 is 18.7 Å². The highest BCUT2D eigenvalue weighted by atomic mass is 19.1. The molecule has 6 heteroatoms. The summed E-state index contributed by atoms with van der Waals surface area (Å²) >= 11 is 0. The Bertz CT molecular complexity index is 880. The number of nitrogens with zero attached hydrogens (tertiary/aromatic N) is 2. The molecule has 31 heavy (non-hydrogen) atoms. The number of carbonyl (C=O) groups excluding carboxylic acids is 2. The van der Waals surface area contributed by atoms with Crippen molar-refractivity contribution in [1.29, 1.82) is 0 Å². The van der Waals surface area contributed by atoms with Crippen molar-refractivity contribution in [3.05, 3.63) is 65.5 Å². The lowest BCUT2D eigenvalue weighted by molar-refractivity contribution is -0.132. The molecule has 1 heterocycles. The molecule has 1 aliphatic heterocycles. The Kier molecular flexibility index (Phi) is 7.31. The van der Waals surface area contributed by atoms with Gasteiger partial charge in [-0.05, 0) is 53.8 Å². The first kappa shape index (κ1) is 22.8. The number of hydrogen-bond donors (Lipinski definition) is 0. The van der Waals surface area contributed by atoms with Crippen LogP contribution in [0.3, 0.4) is 0 Å². The molecule has 0 aliphatic carbocycles. The SMILES string of the molecule is CC(C)(C)c1ccc(OCCCC(=O)N2CCN(C(=O)c3ccc(F)cc3)CC2)cc1. The minimum atomic E-state index is -0.363. The van der Waals surface area contributed by atoms with Crippen LogP contribution < -0.4 is 4.74 Å². The second-order valence-electron chi connectivity index (χ2n) is 8.91. The predicted molar refractivity (Wildman–Crippen MR) is 119 cm³/mol. The molecule has 0 N–H and O–H groups in total. The number of amides is 2. The molecule has 0 bridgehead atoms. The third-order valence-electron chi connectivity index (χ3n) is 5.53. The molecule has 0 radical (unpaired) electrons. The summed E-state index contributed by atoms with van der Waals surface area (Å²) in [4.78, 5) is 28.5. The Hall–Kier alpha value is -2.89. The van der Waals surface area contributed by atoms with Crippen molar-refractivity contribution in [2.45, 2.75) is 39.0 Å². The minimum Gasteiger partial charge on any atom is -0.494 e. The monoisotopic (exact) mass is 426 g/mol. The van der Waals surface area contributed by atoms with Crippen LogP contribution in [0.5, 0.6) is 5.75 Å². The highest BCUT2D eigenvalue weighted by Crippen LogP contribution is 2.24. The predicted octanol–water partition coefficient (Wildman–Crippen LogP) is 4.27. The summed E-state index contributed by atoms with van der Waals surface area (Å²) in [6, 6.07) is 13.7. The number of carbonyl (C=O) groups is 2. The zero-order valence-corrected chi connectivity index (χ0v) is 18.6. The van der Waals surface area contributed by atoms with Gasteiger partial charge in [0.25, 0.3) is 5.91 Å². The second kappa shape index (κ2) is 9.94. The zero-order valence-electron chi connectivity index (χ0n) is 18.6. The molecule has 5 nitrogen and oxygen atoms in total. The Morgan fingerprint density at radius 1 is 0.903 bits per heavy atom. The first-order valence-electron chi connectivity index (χ1n) is 10.8. The van der Waals surface area contributed by atoms with Gasteiger partial charge in [-0.3, -0.25) is 9.59 Å². The normalized spacial score (nSPS) is 14.5. The van der Waals surface area contributed by atoms with E-state index in [0.717, 1.165) is 5.75 Å². The summed E-state index contributed by atoms with van der Waals surface area (Å²) in [5.74, 6) is 0.407. The molecule has 1 saturated heterocycles. The minimum absolute atomic E-state index is 0.0839. The first-order valence-corrected chi connectivity index (χ1v) is 10.8. The van der Waals surface area contributed by atoms with Crippen molar-refractivity contribution in [3.63, 3.8) is 0 Å². The maximum Gasteiger partial charge on any atom is 0.253 e. The lowest BCUT2D eigenvalue weighted by Gasteiger charge is -2.35. The number of halogens is 1. The van der Waals surface area contributed by atoms with Crippen LogP contribution in [-0.2, 0) is 10.2 Å². The standard InChI is InChI=1S/C25H31FN2O3/c1-25(2,3)20-8-12-22(13-9-20)31-18-4-5-23(29)27-14-16-28(17-15-27)24(30)19-6-10-21(26)11-7-19/h6-13H,4-5,14-18H2,1-3H3. The van der Waals surface area contributed by atoms with E-state index in [1.165, 1.54) is 29.8 Å². The molecule has 166 valence electrons. The van der Waals surface area contributed by atoms with Gasteiger partial charge in [-0.15, -0.1) is 0 Å². The van der Waals surface area contributed by atoms with Gasteiger partial charge >= 0.3 is 0 Å².